The van der Waals surface area contributed by atoms with Gasteiger partial charge in [-0.2, -0.15) is 0 Å². The van der Waals surface area contributed by atoms with Crippen LogP contribution in [0.4, 0.5) is 0 Å². The molecule has 58 valence electrons. The van der Waals surface area contributed by atoms with E-state index < -0.39 is 0 Å². The van der Waals surface area contributed by atoms with Gasteiger partial charge in [-0.1, -0.05) is 0 Å². The summed E-state index contributed by atoms with van der Waals surface area (Å²) in [6, 6.07) is 4.44. The normalized spacial score (nSPS) is 22.8. The lowest BCUT2D eigenvalue weighted by atomic mass is 10.0. The fourth-order valence-electron chi connectivity index (χ4n) is 1.18. The van der Waals surface area contributed by atoms with E-state index in [4.69, 9.17) is 0 Å². The lowest BCUT2D eigenvalue weighted by molar-refractivity contribution is 0.374. The van der Waals surface area contributed by atoms with E-state index in [0.29, 0.717) is 6.04 Å². The van der Waals surface area contributed by atoms with Crippen LogP contribution in [-0.4, -0.2) is 11.5 Å². The summed E-state index contributed by atoms with van der Waals surface area (Å²) in [7, 11) is 0. The number of halogens is 1. The first-order chi connectivity index (χ1) is 5.38. The highest BCUT2D eigenvalue weighted by Gasteiger charge is 2.21. The van der Waals surface area contributed by atoms with Gasteiger partial charge in [0.2, 0.25) is 0 Å². The maximum atomic E-state index is 4.29. The number of hydrogen-bond donors (Lipinski definition) is 1. The lowest BCUT2D eigenvalue weighted by Gasteiger charge is -2.27. The second-order valence-corrected chi connectivity index (χ2v) is 3.52. The molecule has 2 rings (SSSR count). The summed E-state index contributed by atoms with van der Waals surface area (Å²) < 4.78 is 1.11. The molecule has 1 aliphatic rings. The number of aromatic nitrogens is 1. The first-order valence-electron chi connectivity index (χ1n) is 3.72. The van der Waals surface area contributed by atoms with Crippen molar-refractivity contribution in [3.8, 4) is 0 Å². The SMILES string of the molecule is Brc1cccnc1C1CCN1. The summed E-state index contributed by atoms with van der Waals surface area (Å²) in [5, 5.41) is 3.31. The van der Waals surface area contributed by atoms with Crippen molar-refractivity contribution in [1.29, 1.82) is 0 Å². The van der Waals surface area contributed by atoms with Crippen molar-refractivity contribution in [2.75, 3.05) is 6.54 Å². The largest absolute Gasteiger partial charge is 0.308 e. The monoisotopic (exact) mass is 212 g/mol. The van der Waals surface area contributed by atoms with Gasteiger partial charge in [0.25, 0.3) is 0 Å². The first-order valence-corrected chi connectivity index (χ1v) is 4.51. The third-order valence-corrected chi connectivity index (χ3v) is 2.61. The minimum absolute atomic E-state index is 0.477. The molecule has 1 N–H and O–H groups in total. The van der Waals surface area contributed by atoms with Crippen LogP contribution < -0.4 is 5.32 Å². The van der Waals surface area contributed by atoms with E-state index in [9.17, 15) is 0 Å². The maximum Gasteiger partial charge on any atom is 0.0715 e. The first kappa shape index (κ1) is 7.25. The molecule has 2 nitrogen and oxygen atoms in total. The fraction of sp³-hybridized carbons (Fsp3) is 0.375. The van der Waals surface area contributed by atoms with Crippen molar-refractivity contribution in [2.24, 2.45) is 0 Å². The molecule has 0 saturated carbocycles. The van der Waals surface area contributed by atoms with Gasteiger partial charge in [0, 0.05) is 10.7 Å². The summed E-state index contributed by atoms with van der Waals surface area (Å²) in [4.78, 5) is 4.29. The summed E-state index contributed by atoms with van der Waals surface area (Å²) >= 11 is 3.47. The second kappa shape index (κ2) is 2.91. The molecular formula is C8H9BrN2. The molecule has 0 aromatic carbocycles. The van der Waals surface area contributed by atoms with E-state index >= 15 is 0 Å². The van der Waals surface area contributed by atoms with E-state index in [-0.39, 0.29) is 0 Å². The number of pyridine rings is 1. The molecular weight excluding hydrogens is 204 g/mol. The standard InChI is InChI=1S/C8H9BrN2/c9-6-2-1-4-11-8(6)7-3-5-10-7/h1-2,4,7,10H,3,5H2. The minimum Gasteiger partial charge on any atom is -0.308 e. The number of nitrogens with zero attached hydrogens (tertiary/aromatic N) is 1. The molecule has 0 spiro atoms. The fourth-order valence-corrected chi connectivity index (χ4v) is 1.71. The van der Waals surface area contributed by atoms with Gasteiger partial charge >= 0.3 is 0 Å². The molecule has 0 bridgehead atoms. The van der Waals surface area contributed by atoms with E-state index in [1.54, 1.807) is 0 Å². The Hall–Kier alpha value is -0.410. The molecule has 0 amide bonds. The summed E-state index contributed by atoms with van der Waals surface area (Å²) in [6.07, 6.45) is 3.04. The Morgan fingerprint density at radius 2 is 2.45 bits per heavy atom. The highest BCUT2D eigenvalue weighted by molar-refractivity contribution is 9.10. The Balaban J connectivity index is 2.28. The van der Waals surface area contributed by atoms with Crippen LogP contribution in [-0.2, 0) is 0 Å². The maximum absolute atomic E-state index is 4.29. The topological polar surface area (TPSA) is 24.9 Å². The molecule has 1 fully saturated rings. The smallest absolute Gasteiger partial charge is 0.0715 e. The third-order valence-electron chi connectivity index (χ3n) is 1.94. The van der Waals surface area contributed by atoms with Gasteiger partial charge < -0.3 is 5.32 Å². The van der Waals surface area contributed by atoms with Gasteiger partial charge in [0.05, 0.1) is 11.7 Å². The van der Waals surface area contributed by atoms with Crippen molar-refractivity contribution in [3.05, 3.63) is 28.5 Å². The highest BCUT2D eigenvalue weighted by Crippen LogP contribution is 2.26. The number of rotatable bonds is 1. The molecule has 11 heavy (non-hydrogen) atoms. The summed E-state index contributed by atoms with van der Waals surface area (Å²) in [6.45, 7) is 1.12. The Kier molecular flexibility index (Phi) is 1.92. The van der Waals surface area contributed by atoms with Crippen LogP contribution in [0.1, 0.15) is 18.2 Å². The van der Waals surface area contributed by atoms with Crippen molar-refractivity contribution in [1.82, 2.24) is 10.3 Å². The van der Waals surface area contributed by atoms with Crippen LogP contribution >= 0.6 is 15.9 Å². The zero-order valence-electron chi connectivity index (χ0n) is 6.05. The average Bonchev–Trinajstić information content (AvgIpc) is 1.90. The van der Waals surface area contributed by atoms with Gasteiger partial charge in [-0.25, -0.2) is 0 Å². The van der Waals surface area contributed by atoms with Crippen LogP contribution in [0.5, 0.6) is 0 Å². The van der Waals surface area contributed by atoms with Crippen molar-refractivity contribution in [3.63, 3.8) is 0 Å². The van der Waals surface area contributed by atoms with Gasteiger partial charge in [0.1, 0.15) is 0 Å². The molecule has 3 heteroatoms. The Labute approximate surface area is 74.2 Å². The average molecular weight is 213 g/mol. The Morgan fingerprint density at radius 3 is 3.00 bits per heavy atom. The Morgan fingerprint density at radius 1 is 1.64 bits per heavy atom. The quantitative estimate of drug-likeness (QED) is 0.770. The van der Waals surface area contributed by atoms with Gasteiger partial charge in [0.15, 0.2) is 0 Å². The molecule has 1 aromatic rings. The zero-order chi connectivity index (χ0) is 7.68. The summed E-state index contributed by atoms with van der Waals surface area (Å²) in [5.74, 6) is 0. The van der Waals surface area contributed by atoms with Gasteiger partial charge in [-0.15, -0.1) is 0 Å². The molecule has 1 saturated heterocycles. The van der Waals surface area contributed by atoms with Crippen molar-refractivity contribution < 1.29 is 0 Å². The lowest BCUT2D eigenvalue weighted by Crippen LogP contribution is -2.35. The van der Waals surface area contributed by atoms with Crippen molar-refractivity contribution >= 4 is 15.9 Å². The van der Waals surface area contributed by atoms with Crippen LogP contribution in [0.2, 0.25) is 0 Å². The predicted molar refractivity (Wildman–Crippen MR) is 47.3 cm³/mol. The van der Waals surface area contributed by atoms with E-state index in [1.165, 1.54) is 6.42 Å². The molecule has 1 aliphatic heterocycles. The Bertz CT molecular complexity index is 258. The zero-order valence-corrected chi connectivity index (χ0v) is 7.63. The van der Waals surface area contributed by atoms with Crippen LogP contribution in [0.3, 0.4) is 0 Å². The van der Waals surface area contributed by atoms with Crippen LogP contribution in [0.15, 0.2) is 22.8 Å². The molecule has 1 unspecified atom stereocenters. The summed E-state index contributed by atoms with van der Waals surface area (Å²) in [5.41, 5.74) is 1.14. The molecule has 0 radical (unpaired) electrons. The number of hydrogen-bond acceptors (Lipinski definition) is 2. The highest BCUT2D eigenvalue weighted by atomic mass is 79.9. The van der Waals surface area contributed by atoms with E-state index in [0.717, 1.165) is 16.7 Å². The second-order valence-electron chi connectivity index (χ2n) is 2.67. The van der Waals surface area contributed by atoms with E-state index in [2.05, 4.69) is 26.2 Å². The number of nitrogens with one attached hydrogen (secondary N) is 1. The predicted octanol–water partition coefficient (Wildman–Crippen LogP) is 1.88. The van der Waals surface area contributed by atoms with Crippen LogP contribution in [0.25, 0.3) is 0 Å². The molecule has 0 aliphatic carbocycles. The van der Waals surface area contributed by atoms with Crippen LogP contribution in [0, 0.1) is 0 Å². The third kappa shape index (κ3) is 1.30. The molecule has 1 aromatic heterocycles. The van der Waals surface area contributed by atoms with Gasteiger partial charge in [-0.05, 0) is 41.0 Å². The van der Waals surface area contributed by atoms with E-state index in [1.807, 2.05) is 18.3 Å². The minimum atomic E-state index is 0.477. The molecule has 1 atom stereocenters. The molecule has 2 heterocycles. The van der Waals surface area contributed by atoms with Crippen molar-refractivity contribution in [2.45, 2.75) is 12.5 Å². The van der Waals surface area contributed by atoms with Gasteiger partial charge in [-0.3, -0.25) is 4.98 Å².